The summed E-state index contributed by atoms with van der Waals surface area (Å²) in [6.45, 7) is 2.96. The summed E-state index contributed by atoms with van der Waals surface area (Å²) in [5.74, 6) is 0. The molecule has 1 unspecified atom stereocenters. The summed E-state index contributed by atoms with van der Waals surface area (Å²) in [5, 5.41) is 26.3. The smallest absolute Gasteiger partial charge is 0.154 e. The van der Waals surface area contributed by atoms with Crippen LogP contribution in [0.2, 0.25) is 0 Å². The normalized spacial score (nSPS) is 12.8. The van der Waals surface area contributed by atoms with Gasteiger partial charge in [0.15, 0.2) is 6.29 Å². The molecule has 116 valence electrons. The van der Waals surface area contributed by atoms with E-state index in [0.29, 0.717) is 59.1 Å². The van der Waals surface area contributed by atoms with Crippen molar-refractivity contribution in [1.29, 1.82) is 0 Å². The van der Waals surface area contributed by atoms with Crippen LogP contribution in [0.1, 0.15) is 12.8 Å². The van der Waals surface area contributed by atoms with E-state index in [2.05, 4.69) is 0 Å². The van der Waals surface area contributed by atoms with Gasteiger partial charge in [-0.1, -0.05) is 0 Å². The van der Waals surface area contributed by atoms with E-state index in [0.717, 1.165) is 0 Å². The van der Waals surface area contributed by atoms with Gasteiger partial charge in [-0.25, -0.2) is 0 Å². The Balaban J connectivity index is 3.02. The van der Waals surface area contributed by atoms with E-state index in [1.54, 1.807) is 0 Å². The maximum atomic E-state index is 9.28. The maximum absolute atomic E-state index is 9.28. The molecule has 0 heterocycles. The number of hydrogen-bond acceptors (Lipinski definition) is 7. The fourth-order valence-electron chi connectivity index (χ4n) is 1.20. The fourth-order valence-corrected chi connectivity index (χ4v) is 1.20. The highest BCUT2D eigenvalue weighted by atomic mass is 16.6. The minimum absolute atomic E-state index is 0.0211. The molecule has 0 aliphatic rings. The van der Waals surface area contributed by atoms with Crippen LogP contribution in [-0.2, 0) is 18.9 Å². The van der Waals surface area contributed by atoms with Crippen molar-refractivity contribution in [1.82, 2.24) is 0 Å². The number of hydrogen-bond donors (Lipinski definition) is 3. The lowest BCUT2D eigenvalue weighted by molar-refractivity contribution is -0.119. The Kier molecular flexibility index (Phi) is 15.5. The first-order chi connectivity index (χ1) is 9.31. The standard InChI is InChI=1S/C12H26O7/c13-3-1-2-12(15)19-11-10-18-9-8-17-7-6-16-5-4-14/h12-15H,1-11H2. The Labute approximate surface area is 114 Å². The van der Waals surface area contributed by atoms with Crippen LogP contribution in [0.4, 0.5) is 0 Å². The average molecular weight is 282 g/mol. The van der Waals surface area contributed by atoms with Crippen molar-refractivity contribution in [2.75, 3.05) is 59.5 Å². The molecule has 0 aromatic heterocycles. The second-order valence-corrected chi connectivity index (χ2v) is 3.75. The van der Waals surface area contributed by atoms with Crippen molar-refractivity contribution in [3.05, 3.63) is 0 Å². The van der Waals surface area contributed by atoms with Gasteiger partial charge < -0.3 is 34.3 Å². The second kappa shape index (κ2) is 15.8. The van der Waals surface area contributed by atoms with Gasteiger partial charge in [-0.3, -0.25) is 0 Å². The molecule has 7 heteroatoms. The van der Waals surface area contributed by atoms with Crippen molar-refractivity contribution in [3.8, 4) is 0 Å². The molecule has 19 heavy (non-hydrogen) atoms. The van der Waals surface area contributed by atoms with E-state index < -0.39 is 6.29 Å². The SMILES string of the molecule is OCCCC(O)OCCOCCOCCOCCO. The zero-order valence-electron chi connectivity index (χ0n) is 11.3. The van der Waals surface area contributed by atoms with Crippen LogP contribution in [0.15, 0.2) is 0 Å². The first-order valence-corrected chi connectivity index (χ1v) is 6.56. The Morgan fingerprint density at radius 2 is 1.21 bits per heavy atom. The van der Waals surface area contributed by atoms with Crippen molar-refractivity contribution in [3.63, 3.8) is 0 Å². The van der Waals surface area contributed by atoms with Gasteiger partial charge in [-0.2, -0.15) is 0 Å². The van der Waals surface area contributed by atoms with E-state index in [4.69, 9.17) is 29.2 Å². The van der Waals surface area contributed by atoms with Gasteiger partial charge in [0, 0.05) is 13.0 Å². The predicted octanol–water partition coefficient (Wildman–Crippen LogP) is -0.864. The van der Waals surface area contributed by atoms with E-state index >= 15 is 0 Å². The van der Waals surface area contributed by atoms with Crippen LogP contribution in [0.5, 0.6) is 0 Å². The molecule has 0 bridgehead atoms. The summed E-state index contributed by atoms with van der Waals surface area (Å²) in [7, 11) is 0. The molecule has 0 spiro atoms. The molecule has 0 aliphatic heterocycles. The molecule has 0 amide bonds. The summed E-state index contributed by atoms with van der Waals surface area (Å²) in [6, 6.07) is 0. The van der Waals surface area contributed by atoms with Gasteiger partial charge in [0.25, 0.3) is 0 Å². The van der Waals surface area contributed by atoms with Gasteiger partial charge in [0.05, 0.1) is 52.9 Å². The van der Waals surface area contributed by atoms with Crippen LogP contribution in [0, 0.1) is 0 Å². The zero-order valence-corrected chi connectivity index (χ0v) is 11.3. The van der Waals surface area contributed by atoms with Gasteiger partial charge in [0.2, 0.25) is 0 Å². The lowest BCUT2D eigenvalue weighted by Crippen LogP contribution is -2.17. The Hall–Kier alpha value is -0.280. The van der Waals surface area contributed by atoms with Crippen molar-refractivity contribution < 1.29 is 34.3 Å². The van der Waals surface area contributed by atoms with E-state index in [-0.39, 0.29) is 13.2 Å². The van der Waals surface area contributed by atoms with Crippen LogP contribution < -0.4 is 0 Å². The summed E-state index contributed by atoms with van der Waals surface area (Å²) < 4.78 is 20.5. The third kappa shape index (κ3) is 15.7. The van der Waals surface area contributed by atoms with Crippen LogP contribution in [0.3, 0.4) is 0 Å². The number of rotatable bonds is 15. The van der Waals surface area contributed by atoms with Crippen molar-refractivity contribution in [2.24, 2.45) is 0 Å². The molecule has 0 saturated carbocycles. The van der Waals surface area contributed by atoms with Crippen LogP contribution in [0.25, 0.3) is 0 Å². The fraction of sp³-hybridized carbons (Fsp3) is 1.00. The van der Waals surface area contributed by atoms with Gasteiger partial charge in [-0.05, 0) is 6.42 Å². The molecule has 0 radical (unpaired) electrons. The summed E-state index contributed by atoms with van der Waals surface area (Å²) in [5.41, 5.74) is 0. The van der Waals surface area contributed by atoms with E-state index in [9.17, 15) is 5.11 Å². The first kappa shape index (κ1) is 18.7. The molecule has 3 N–H and O–H groups in total. The molecule has 0 fully saturated rings. The Morgan fingerprint density at radius 1 is 0.684 bits per heavy atom. The summed E-state index contributed by atoms with van der Waals surface area (Å²) in [4.78, 5) is 0. The monoisotopic (exact) mass is 282 g/mol. The Bertz CT molecular complexity index is 168. The molecule has 0 aliphatic carbocycles. The third-order valence-electron chi connectivity index (χ3n) is 2.13. The van der Waals surface area contributed by atoms with Crippen molar-refractivity contribution >= 4 is 0 Å². The molecular formula is C12H26O7. The van der Waals surface area contributed by atoms with Crippen molar-refractivity contribution in [2.45, 2.75) is 19.1 Å². The molecule has 0 aromatic rings. The molecular weight excluding hydrogens is 256 g/mol. The Morgan fingerprint density at radius 3 is 1.74 bits per heavy atom. The molecule has 0 saturated heterocycles. The average Bonchev–Trinajstić information content (AvgIpc) is 2.42. The van der Waals surface area contributed by atoms with E-state index in [1.807, 2.05) is 0 Å². The highest BCUT2D eigenvalue weighted by Crippen LogP contribution is 1.97. The molecule has 0 rings (SSSR count). The lowest BCUT2D eigenvalue weighted by atomic mass is 10.3. The molecule has 1 atom stereocenters. The van der Waals surface area contributed by atoms with E-state index in [1.165, 1.54) is 0 Å². The van der Waals surface area contributed by atoms with Gasteiger partial charge in [-0.15, -0.1) is 0 Å². The minimum Gasteiger partial charge on any atom is -0.396 e. The molecule has 0 aromatic carbocycles. The highest BCUT2D eigenvalue weighted by Gasteiger charge is 2.02. The summed E-state index contributed by atoms with van der Waals surface area (Å²) in [6.07, 6.45) is 0.109. The van der Waals surface area contributed by atoms with Crippen LogP contribution in [-0.4, -0.2) is 81.1 Å². The lowest BCUT2D eigenvalue weighted by Gasteiger charge is -2.11. The zero-order chi connectivity index (χ0) is 14.2. The number of ether oxygens (including phenoxy) is 4. The maximum Gasteiger partial charge on any atom is 0.154 e. The third-order valence-corrected chi connectivity index (χ3v) is 2.13. The highest BCUT2D eigenvalue weighted by molar-refractivity contribution is 4.42. The molecule has 7 nitrogen and oxygen atoms in total. The van der Waals surface area contributed by atoms with Gasteiger partial charge in [0.1, 0.15) is 0 Å². The topological polar surface area (TPSA) is 97.6 Å². The predicted molar refractivity (Wildman–Crippen MR) is 67.8 cm³/mol. The van der Waals surface area contributed by atoms with Crippen LogP contribution >= 0.6 is 0 Å². The number of aliphatic hydroxyl groups is 3. The van der Waals surface area contributed by atoms with Gasteiger partial charge >= 0.3 is 0 Å². The quantitative estimate of drug-likeness (QED) is 0.265. The second-order valence-electron chi connectivity index (χ2n) is 3.75. The number of aliphatic hydroxyl groups excluding tert-OH is 3. The first-order valence-electron chi connectivity index (χ1n) is 6.56. The minimum atomic E-state index is -0.837. The summed E-state index contributed by atoms with van der Waals surface area (Å²) >= 11 is 0. The largest absolute Gasteiger partial charge is 0.396 e.